The summed E-state index contributed by atoms with van der Waals surface area (Å²) in [5, 5.41) is 5.63. The van der Waals surface area contributed by atoms with Crippen LogP contribution in [0.25, 0.3) is 44.6 Å². The smallest absolute Gasteiger partial charge is 0.223 e. The van der Waals surface area contributed by atoms with Gasteiger partial charge in [0.1, 0.15) is 11.6 Å². The Morgan fingerprint density at radius 1 is 0.560 bits per heavy atom. The molecule has 0 spiro atoms. The highest BCUT2D eigenvalue weighted by Gasteiger charge is 2.22. The van der Waals surface area contributed by atoms with Gasteiger partial charge in [-0.15, -0.1) is 0 Å². The van der Waals surface area contributed by atoms with Crippen LogP contribution in [0.3, 0.4) is 0 Å². The van der Waals surface area contributed by atoms with Crippen LogP contribution in [-0.2, 0) is 10.8 Å². The van der Waals surface area contributed by atoms with Crippen molar-refractivity contribution >= 4 is 44.6 Å². The number of hydrogen-bond acceptors (Lipinski definition) is 6. The average molecular weight is 658 g/mol. The summed E-state index contributed by atoms with van der Waals surface area (Å²) in [6.45, 7) is 13.2. The maximum absolute atomic E-state index is 6.59. The van der Waals surface area contributed by atoms with Gasteiger partial charge in [0.05, 0.1) is 16.6 Å². The maximum Gasteiger partial charge on any atom is 0.223 e. The van der Waals surface area contributed by atoms with E-state index < -0.39 is 0 Å². The van der Waals surface area contributed by atoms with Crippen LogP contribution in [0.4, 0.5) is 11.6 Å². The van der Waals surface area contributed by atoms with Crippen molar-refractivity contribution in [2.45, 2.75) is 52.4 Å². The van der Waals surface area contributed by atoms with Gasteiger partial charge in [0, 0.05) is 34.8 Å². The van der Waals surface area contributed by atoms with E-state index in [1.807, 2.05) is 77.5 Å². The minimum Gasteiger partial charge on any atom is -0.421 e. The Morgan fingerprint density at radius 2 is 1.26 bits per heavy atom. The first-order valence-corrected chi connectivity index (χ1v) is 16.9. The van der Waals surface area contributed by atoms with Crippen molar-refractivity contribution in [3.05, 3.63) is 133 Å². The number of anilines is 2. The first-order valence-electron chi connectivity index (χ1n) is 16.9. The quantitative estimate of drug-likeness (QED) is 0.192. The van der Waals surface area contributed by atoms with Crippen LogP contribution in [0.2, 0.25) is 0 Å². The van der Waals surface area contributed by atoms with Crippen LogP contribution in [0.1, 0.15) is 52.7 Å². The summed E-state index contributed by atoms with van der Waals surface area (Å²) in [6, 6.07) is 38.8. The Balaban J connectivity index is 1.27. The summed E-state index contributed by atoms with van der Waals surface area (Å²) in [5.74, 6) is 3.05. The molecular weight excluding hydrogens is 619 g/mol. The number of ether oxygens (including phenoxy) is 1. The number of nitrogens with one attached hydrogen (secondary N) is 1. The summed E-state index contributed by atoms with van der Waals surface area (Å²) in [7, 11) is 0. The third-order valence-corrected chi connectivity index (χ3v) is 9.02. The zero-order valence-corrected chi connectivity index (χ0v) is 29.1. The number of para-hydroxylation sites is 4. The fraction of sp³-hybridized carbons (Fsp3) is 0.190. The molecule has 0 aliphatic carbocycles. The fourth-order valence-electron chi connectivity index (χ4n) is 6.31. The summed E-state index contributed by atoms with van der Waals surface area (Å²) in [4.78, 5) is 20.0. The average Bonchev–Trinajstić information content (AvgIpc) is 3.63. The summed E-state index contributed by atoms with van der Waals surface area (Å²) in [5.41, 5.74) is 6.58. The number of aromatic nitrogens is 6. The van der Waals surface area contributed by atoms with Gasteiger partial charge in [-0.25, -0.2) is 9.97 Å². The molecule has 0 saturated carbocycles. The molecule has 5 aromatic heterocycles. The van der Waals surface area contributed by atoms with Crippen LogP contribution in [-0.4, -0.2) is 29.1 Å². The van der Waals surface area contributed by atoms with Gasteiger partial charge in [-0.3, -0.25) is 9.13 Å². The molecule has 0 saturated heterocycles. The lowest BCUT2D eigenvalue weighted by atomic mass is 9.87. The molecule has 8 aromatic rings. The molecule has 0 radical (unpaired) electrons. The van der Waals surface area contributed by atoms with Crippen molar-refractivity contribution in [2.24, 2.45) is 0 Å². The molecule has 8 heteroatoms. The molecular formula is C42H39N7O. The Morgan fingerprint density at radius 3 is 2.04 bits per heavy atom. The van der Waals surface area contributed by atoms with Gasteiger partial charge in [-0.05, 0) is 76.6 Å². The standard InChI is InChI=1S/C42H39N7O/c1-41(2,3)27-22-23-43-35(24-27)48-33-18-12-10-16-30(33)31-20-21-37(47-39(31)48)50-38-26-28(42(4,5)6)25-36(46-38)49-34-19-13-11-17-32(34)45-40(49)44-29-14-8-7-9-15-29/h7-26H,1-6H3,(H,44,45). The van der Waals surface area contributed by atoms with Gasteiger partial charge in [0.15, 0.2) is 5.65 Å². The van der Waals surface area contributed by atoms with E-state index >= 15 is 0 Å². The van der Waals surface area contributed by atoms with E-state index in [2.05, 4.69) is 100.0 Å². The van der Waals surface area contributed by atoms with Crippen LogP contribution >= 0.6 is 0 Å². The molecule has 1 N–H and O–H groups in total. The number of fused-ring (bicyclic) bond motifs is 4. The molecule has 0 fully saturated rings. The molecule has 0 unspecified atom stereocenters. The molecule has 0 aliphatic heterocycles. The van der Waals surface area contributed by atoms with Crippen molar-refractivity contribution in [3.8, 4) is 23.4 Å². The molecule has 5 heterocycles. The fourth-order valence-corrected chi connectivity index (χ4v) is 6.31. The van der Waals surface area contributed by atoms with Crippen LogP contribution in [0.15, 0.2) is 121 Å². The Hall–Kier alpha value is -6.02. The summed E-state index contributed by atoms with van der Waals surface area (Å²) < 4.78 is 10.8. The molecule has 0 aliphatic rings. The molecule has 8 rings (SSSR count). The summed E-state index contributed by atoms with van der Waals surface area (Å²) >= 11 is 0. The zero-order chi connectivity index (χ0) is 34.6. The predicted molar refractivity (Wildman–Crippen MR) is 202 cm³/mol. The number of imidazole rings is 1. The second kappa shape index (κ2) is 11.8. The predicted octanol–water partition coefficient (Wildman–Crippen LogP) is 10.4. The maximum atomic E-state index is 6.59. The Bertz CT molecular complexity index is 2520. The second-order valence-corrected chi connectivity index (χ2v) is 14.7. The largest absolute Gasteiger partial charge is 0.421 e. The first kappa shape index (κ1) is 31.3. The molecule has 3 aromatic carbocycles. The van der Waals surface area contributed by atoms with Crippen LogP contribution < -0.4 is 10.1 Å². The molecule has 8 nitrogen and oxygen atoms in total. The lowest BCUT2D eigenvalue weighted by molar-refractivity contribution is 0.442. The van der Waals surface area contributed by atoms with Crippen molar-refractivity contribution in [1.82, 2.24) is 29.1 Å². The number of rotatable bonds is 6. The normalized spacial score (nSPS) is 12.2. The molecule has 50 heavy (non-hydrogen) atoms. The number of benzene rings is 3. The van der Waals surface area contributed by atoms with E-state index in [0.29, 0.717) is 23.5 Å². The topological polar surface area (TPSA) is 82.7 Å². The van der Waals surface area contributed by atoms with E-state index in [4.69, 9.17) is 24.7 Å². The minimum absolute atomic E-state index is 0.0311. The van der Waals surface area contributed by atoms with Crippen LogP contribution in [0, 0.1) is 0 Å². The minimum atomic E-state index is -0.188. The van der Waals surface area contributed by atoms with Crippen molar-refractivity contribution in [1.29, 1.82) is 0 Å². The lowest BCUT2D eigenvalue weighted by Crippen LogP contribution is -2.14. The van der Waals surface area contributed by atoms with Gasteiger partial charge >= 0.3 is 0 Å². The SMILES string of the molecule is CC(C)(C)c1cc(Oc2ccc3c4ccccc4n(-c4cc(C(C)(C)C)ccn4)c3n2)nc(-n2c(Nc3ccccc3)nc3ccccc32)c1. The highest BCUT2D eigenvalue weighted by atomic mass is 16.5. The molecule has 248 valence electrons. The lowest BCUT2D eigenvalue weighted by Gasteiger charge is -2.21. The van der Waals surface area contributed by atoms with Gasteiger partial charge < -0.3 is 10.1 Å². The highest BCUT2D eigenvalue weighted by molar-refractivity contribution is 6.07. The van der Waals surface area contributed by atoms with Crippen molar-refractivity contribution in [2.75, 3.05) is 5.32 Å². The van der Waals surface area contributed by atoms with E-state index in [1.54, 1.807) is 0 Å². The number of hydrogen-bond donors (Lipinski definition) is 1. The monoisotopic (exact) mass is 657 g/mol. The van der Waals surface area contributed by atoms with E-state index in [0.717, 1.165) is 50.0 Å². The van der Waals surface area contributed by atoms with Crippen LogP contribution in [0.5, 0.6) is 11.8 Å². The van der Waals surface area contributed by atoms with E-state index in [1.165, 1.54) is 5.56 Å². The molecule has 0 atom stereocenters. The Labute approximate surface area is 291 Å². The van der Waals surface area contributed by atoms with Crippen molar-refractivity contribution < 1.29 is 4.74 Å². The highest BCUT2D eigenvalue weighted by Crippen LogP contribution is 2.36. The summed E-state index contributed by atoms with van der Waals surface area (Å²) in [6.07, 6.45) is 1.88. The first-order chi connectivity index (χ1) is 24.0. The van der Waals surface area contributed by atoms with E-state index in [-0.39, 0.29) is 10.8 Å². The van der Waals surface area contributed by atoms with Gasteiger partial charge in [-0.2, -0.15) is 9.97 Å². The molecule has 0 amide bonds. The number of nitrogens with zero attached hydrogens (tertiary/aromatic N) is 6. The Kier molecular flexibility index (Phi) is 7.40. The van der Waals surface area contributed by atoms with Gasteiger partial charge in [0.2, 0.25) is 17.7 Å². The second-order valence-electron chi connectivity index (χ2n) is 14.7. The third kappa shape index (κ3) is 5.72. The zero-order valence-electron chi connectivity index (χ0n) is 29.1. The van der Waals surface area contributed by atoms with Gasteiger partial charge in [-0.1, -0.05) is 90.1 Å². The van der Waals surface area contributed by atoms with E-state index in [9.17, 15) is 0 Å². The molecule has 0 bridgehead atoms. The third-order valence-electron chi connectivity index (χ3n) is 9.02. The van der Waals surface area contributed by atoms with Gasteiger partial charge in [0.25, 0.3) is 0 Å². The number of pyridine rings is 3. The van der Waals surface area contributed by atoms with Crippen molar-refractivity contribution in [3.63, 3.8) is 0 Å².